The zero-order valence-electron chi connectivity index (χ0n) is 10.5. The molecule has 20 heavy (non-hydrogen) atoms. The number of pyridine rings is 1. The Morgan fingerprint density at radius 3 is 2.60 bits per heavy atom. The molecule has 2 heterocycles. The molecule has 0 bridgehead atoms. The lowest BCUT2D eigenvalue weighted by Gasteiger charge is -2.06. The third-order valence-electron chi connectivity index (χ3n) is 2.86. The number of hydrogen-bond acceptors (Lipinski definition) is 5. The normalized spacial score (nSPS) is 12.2. The third kappa shape index (κ3) is 2.36. The SMILES string of the molecule is NC(c1ccccc1)c1nnc(-c2cccc(=O)[nH]2)o1. The zero-order chi connectivity index (χ0) is 13.9. The van der Waals surface area contributed by atoms with Gasteiger partial charge < -0.3 is 15.1 Å². The topological polar surface area (TPSA) is 97.8 Å². The minimum atomic E-state index is -0.493. The summed E-state index contributed by atoms with van der Waals surface area (Å²) in [6.45, 7) is 0. The summed E-state index contributed by atoms with van der Waals surface area (Å²) in [6, 6.07) is 13.7. The molecule has 6 heteroatoms. The monoisotopic (exact) mass is 268 g/mol. The predicted molar refractivity (Wildman–Crippen MR) is 72.8 cm³/mol. The van der Waals surface area contributed by atoms with Crippen molar-refractivity contribution in [2.45, 2.75) is 6.04 Å². The fourth-order valence-corrected chi connectivity index (χ4v) is 1.84. The van der Waals surface area contributed by atoms with Crippen LogP contribution in [0, 0.1) is 0 Å². The fourth-order valence-electron chi connectivity index (χ4n) is 1.84. The second-order valence-corrected chi connectivity index (χ2v) is 4.26. The molecule has 0 aliphatic rings. The molecule has 3 aromatic rings. The molecule has 0 aliphatic carbocycles. The van der Waals surface area contributed by atoms with Crippen LogP contribution in [0.15, 0.2) is 57.7 Å². The summed E-state index contributed by atoms with van der Waals surface area (Å²) in [5, 5.41) is 7.84. The standard InChI is InChI=1S/C14H12N4O2/c15-12(9-5-2-1-3-6-9)14-18-17-13(20-14)10-7-4-8-11(19)16-10/h1-8,12H,15H2,(H,16,19). The first kappa shape index (κ1) is 12.3. The zero-order valence-corrected chi connectivity index (χ0v) is 10.5. The molecule has 100 valence electrons. The van der Waals surface area contributed by atoms with Gasteiger partial charge in [-0.3, -0.25) is 4.79 Å². The van der Waals surface area contributed by atoms with Crippen LogP contribution in [-0.2, 0) is 0 Å². The quantitative estimate of drug-likeness (QED) is 0.749. The summed E-state index contributed by atoms with van der Waals surface area (Å²) in [6.07, 6.45) is 0. The summed E-state index contributed by atoms with van der Waals surface area (Å²) in [5.74, 6) is 0.542. The van der Waals surface area contributed by atoms with Crippen LogP contribution in [0.4, 0.5) is 0 Å². The van der Waals surface area contributed by atoms with Crippen LogP contribution in [0.3, 0.4) is 0 Å². The lowest BCUT2D eigenvalue weighted by atomic mass is 10.1. The van der Waals surface area contributed by atoms with Gasteiger partial charge >= 0.3 is 0 Å². The maximum absolute atomic E-state index is 11.3. The van der Waals surface area contributed by atoms with Crippen LogP contribution in [-0.4, -0.2) is 15.2 Å². The molecule has 0 radical (unpaired) electrons. The second kappa shape index (κ2) is 5.10. The highest BCUT2D eigenvalue weighted by Gasteiger charge is 2.17. The van der Waals surface area contributed by atoms with Crippen LogP contribution < -0.4 is 11.3 Å². The van der Waals surface area contributed by atoms with Crippen LogP contribution in [0.25, 0.3) is 11.6 Å². The van der Waals surface area contributed by atoms with Gasteiger partial charge in [0.2, 0.25) is 11.4 Å². The molecular formula is C14H12N4O2. The van der Waals surface area contributed by atoms with Crippen molar-refractivity contribution in [3.8, 4) is 11.6 Å². The Morgan fingerprint density at radius 2 is 1.85 bits per heavy atom. The van der Waals surface area contributed by atoms with Crippen LogP contribution in [0.1, 0.15) is 17.5 Å². The molecule has 6 nitrogen and oxygen atoms in total. The van der Waals surface area contributed by atoms with Gasteiger partial charge in [0.05, 0.1) is 0 Å². The Bertz CT molecular complexity index is 764. The maximum atomic E-state index is 11.3. The van der Waals surface area contributed by atoms with E-state index in [9.17, 15) is 4.79 Å². The van der Waals surface area contributed by atoms with Gasteiger partial charge in [0.15, 0.2) is 0 Å². The molecule has 0 spiro atoms. The molecule has 1 aromatic carbocycles. The van der Waals surface area contributed by atoms with Gasteiger partial charge in [0.25, 0.3) is 5.89 Å². The predicted octanol–water partition coefficient (Wildman–Crippen LogP) is 1.47. The Hall–Kier alpha value is -2.73. The van der Waals surface area contributed by atoms with Gasteiger partial charge in [-0.05, 0) is 11.6 Å². The number of aromatic nitrogens is 3. The third-order valence-corrected chi connectivity index (χ3v) is 2.86. The average molecular weight is 268 g/mol. The minimum Gasteiger partial charge on any atom is -0.417 e. The largest absolute Gasteiger partial charge is 0.417 e. The van der Waals surface area contributed by atoms with E-state index in [1.807, 2.05) is 30.3 Å². The van der Waals surface area contributed by atoms with Gasteiger partial charge in [-0.1, -0.05) is 36.4 Å². The fraction of sp³-hybridized carbons (Fsp3) is 0.0714. The van der Waals surface area contributed by atoms with Crippen LogP contribution in [0.2, 0.25) is 0 Å². The number of nitrogens with zero attached hydrogens (tertiary/aromatic N) is 2. The van der Waals surface area contributed by atoms with Gasteiger partial charge in [-0.15, -0.1) is 10.2 Å². The Balaban J connectivity index is 1.93. The number of rotatable bonds is 3. The van der Waals surface area contributed by atoms with Crippen molar-refractivity contribution >= 4 is 0 Å². The molecule has 1 atom stereocenters. The molecule has 1 unspecified atom stereocenters. The summed E-state index contributed by atoms with van der Waals surface area (Å²) in [4.78, 5) is 13.9. The molecule has 0 aliphatic heterocycles. The first-order valence-corrected chi connectivity index (χ1v) is 6.07. The number of nitrogens with two attached hydrogens (primary N) is 1. The number of hydrogen-bond donors (Lipinski definition) is 2. The maximum Gasteiger partial charge on any atom is 0.264 e. The average Bonchev–Trinajstić information content (AvgIpc) is 2.97. The number of aromatic amines is 1. The highest BCUT2D eigenvalue weighted by atomic mass is 16.4. The van der Waals surface area contributed by atoms with Crippen molar-refractivity contribution in [3.05, 3.63) is 70.3 Å². The van der Waals surface area contributed by atoms with Crippen molar-refractivity contribution in [2.24, 2.45) is 5.73 Å². The van der Waals surface area contributed by atoms with E-state index in [0.29, 0.717) is 11.6 Å². The molecule has 0 fully saturated rings. The van der Waals surface area contributed by atoms with E-state index < -0.39 is 6.04 Å². The van der Waals surface area contributed by atoms with Gasteiger partial charge in [0, 0.05) is 6.07 Å². The molecular weight excluding hydrogens is 256 g/mol. The van der Waals surface area contributed by atoms with E-state index >= 15 is 0 Å². The van der Waals surface area contributed by atoms with E-state index in [2.05, 4.69) is 15.2 Å². The highest BCUT2D eigenvalue weighted by molar-refractivity contribution is 5.45. The van der Waals surface area contributed by atoms with Gasteiger partial charge in [-0.2, -0.15) is 0 Å². The molecule has 3 rings (SSSR count). The molecule has 0 saturated carbocycles. The summed E-state index contributed by atoms with van der Waals surface area (Å²) in [5.41, 5.74) is 7.19. The summed E-state index contributed by atoms with van der Waals surface area (Å²) >= 11 is 0. The number of benzene rings is 1. The number of nitrogens with one attached hydrogen (secondary N) is 1. The van der Waals surface area contributed by atoms with Crippen molar-refractivity contribution in [2.75, 3.05) is 0 Å². The van der Waals surface area contributed by atoms with E-state index in [1.165, 1.54) is 6.07 Å². The molecule has 3 N–H and O–H groups in total. The number of H-pyrrole nitrogens is 1. The highest BCUT2D eigenvalue weighted by Crippen LogP contribution is 2.21. The van der Waals surface area contributed by atoms with Gasteiger partial charge in [0.1, 0.15) is 11.7 Å². The van der Waals surface area contributed by atoms with Gasteiger partial charge in [-0.25, -0.2) is 0 Å². The van der Waals surface area contributed by atoms with Crippen molar-refractivity contribution in [1.82, 2.24) is 15.2 Å². The van der Waals surface area contributed by atoms with E-state index in [4.69, 9.17) is 10.2 Å². The van der Waals surface area contributed by atoms with Crippen molar-refractivity contribution in [3.63, 3.8) is 0 Å². The minimum absolute atomic E-state index is 0.227. The van der Waals surface area contributed by atoms with Crippen molar-refractivity contribution in [1.29, 1.82) is 0 Å². The van der Waals surface area contributed by atoms with E-state index in [1.54, 1.807) is 12.1 Å². The molecule has 0 amide bonds. The lowest BCUT2D eigenvalue weighted by molar-refractivity contribution is 0.483. The Kier molecular flexibility index (Phi) is 3.14. The van der Waals surface area contributed by atoms with E-state index in [-0.39, 0.29) is 11.4 Å². The lowest BCUT2D eigenvalue weighted by Crippen LogP contribution is -2.11. The Labute approximate surface area is 114 Å². The first-order valence-electron chi connectivity index (χ1n) is 6.07. The van der Waals surface area contributed by atoms with Crippen LogP contribution in [0.5, 0.6) is 0 Å². The smallest absolute Gasteiger partial charge is 0.264 e. The molecule has 2 aromatic heterocycles. The Morgan fingerprint density at radius 1 is 1.05 bits per heavy atom. The van der Waals surface area contributed by atoms with E-state index in [0.717, 1.165) is 5.56 Å². The molecule has 0 saturated heterocycles. The van der Waals surface area contributed by atoms with Crippen LogP contribution >= 0.6 is 0 Å². The summed E-state index contributed by atoms with van der Waals surface area (Å²) < 4.78 is 5.52. The van der Waals surface area contributed by atoms with Crippen molar-refractivity contribution < 1.29 is 4.42 Å². The summed E-state index contributed by atoms with van der Waals surface area (Å²) in [7, 11) is 0. The first-order chi connectivity index (χ1) is 9.74. The second-order valence-electron chi connectivity index (χ2n) is 4.26.